The molecule has 140 valence electrons. The van der Waals surface area contributed by atoms with E-state index in [0.717, 1.165) is 30.9 Å². The molecule has 0 aliphatic heterocycles. The lowest BCUT2D eigenvalue weighted by molar-refractivity contribution is 0.0963. The minimum atomic E-state index is -0.0556. The van der Waals surface area contributed by atoms with Gasteiger partial charge in [0.25, 0.3) is 5.91 Å². The third kappa shape index (κ3) is 8.57. The van der Waals surface area contributed by atoms with Gasteiger partial charge in [-0.15, -0.1) is 0 Å². The van der Waals surface area contributed by atoms with E-state index in [2.05, 4.69) is 48.6 Å². The van der Waals surface area contributed by atoms with E-state index in [1.807, 2.05) is 24.3 Å². The van der Waals surface area contributed by atoms with Gasteiger partial charge in [-0.3, -0.25) is 9.79 Å². The number of aliphatic imine (C=N–C) groups is 1. The molecule has 0 aliphatic rings. The number of nitrogens with zero attached hydrogens (tertiary/aromatic N) is 1. The highest BCUT2D eigenvalue weighted by Gasteiger charge is 2.13. The van der Waals surface area contributed by atoms with Crippen LogP contribution in [0, 0.1) is 5.41 Å². The van der Waals surface area contributed by atoms with Crippen molar-refractivity contribution in [3.05, 3.63) is 35.4 Å². The van der Waals surface area contributed by atoms with Gasteiger partial charge in [-0.25, -0.2) is 0 Å². The summed E-state index contributed by atoms with van der Waals surface area (Å²) in [5.74, 6) is 0.767. The van der Waals surface area contributed by atoms with Crippen LogP contribution >= 0.6 is 0 Å². The third-order valence-electron chi connectivity index (χ3n) is 4.06. The van der Waals surface area contributed by atoms with E-state index in [-0.39, 0.29) is 5.91 Å². The molecule has 0 aromatic heterocycles. The van der Waals surface area contributed by atoms with E-state index >= 15 is 0 Å². The second-order valence-electron chi connectivity index (χ2n) is 7.67. The quantitative estimate of drug-likeness (QED) is 0.525. The highest BCUT2D eigenvalue weighted by Crippen LogP contribution is 2.21. The Morgan fingerprint density at radius 3 is 2.60 bits per heavy atom. The Bertz CT molecular complexity index is 575. The Morgan fingerprint density at radius 2 is 2.00 bits per heavy atom. The second-order valence-corrected chi connectivity index (χ2v) is 7.67. The van der Waals surface area contributed by atoms with Crippen molar-refractivity contribution in [2.75, 3.05) is 20.6 Å². The maximum absolute atomic E-state index is 11.7. The molecule has 5 heteroatoms. The molecule has 1 aromatic rings. The molecule has 0 radical (unpaired) electrons. The van der Waals surface area contributed by atoms with E-state index in [0.29, 0.717) is 17.0 Å². The lowest BCUT2D eigenvalue weighted by Gasteiger charge is -2.23. The molecule has 1 rings (SSSR count). The minimum Gasteiger partial charge on any atom is -0.356 e. The van der Waals surface area contributed by atoms with Gasteiger partial charge in [0.05, 0.1) is 0 Å². The first-order chi connectivity index (χ1) is 11.7. The molecule has 3 N–H and O–H groups in total. The van der Waals surface area contributed by atoms with Crippen LogP contribution in [0.2, 0.25) is 0 Å². The number of benzene rings is 1. The van der Waals surface area contributed by atoms with Gasteiger partial charge in [-0.2, -0.15) is 0 Å². The zero-order valence-corrected chi connectivity index (χ0v) is 16.6. The molecule has 0 aliphatic carbocycles. The Balaban J connectivity index is 2.44. The molecule has 1 atom stereocenters. The zero-order chi connectivity index (χ0) is 18.9. The number of hydrogen-bond acceptors (Lipinski definition) is 2. The molecule has 25 heavy (non-hydrogen) atoms. The molecule has 0 bridgehead atoms. The number of carbonyl (C=O) groups excluding carboxylic acids is 1. The standard InChI is InChI=1S/C20H34N4O/c1-15(10-12-20(2,3)4)24-19(22-6)23-13-11-16-8-7-9-17(14-16)18(25)21-5/h7-9,14-15H,10-13H2,1-6H3,(H,21,25)(H2,22,23,24). The van der Waals surface area contributed by atoms with E-state index in [1.165, 1.54) is 6.42 Å². The van der Waals surface area contributed by atoms with E-state index < -0.39 is 0 Å². The smallest absolute Gasteiger partial charge is 0.251 e. The third-order valence-corrected chi connectivity index (χ3v) is 4.06. The van der Waals surface area contributed by atoms with Crippen molar-refractivity contribution >= 4 is 11.9 Å². The van der Waals surface area contributed by atoms with Crippen LogP contribution in [-0.2, 0) is 6.42 Å². The molecule has 5 nitrogen and oxygen atoms in total. The van der Waals surface area contributed by atoms with Gasteiger partial charge in [-0.1, -0.05) is 32.9 Å². The van der Waals surface area contributed by atoms with Gasteiger partial charge in [0, 0.05) is 32.2 Å². The van der Waals surface area contributed by atoms with E-state index in [9.17, 15) is 4.79 Å². The first-order valence-electron chi connectivity index (χ1n) is 9.03. The number of carbonyl (C=O) groups is 1. The van der Waals surface area contributed by atoms with Gasteiger partial charge in [0.15, 0.2) is 5.96 Å². The fraction of sp³-hybridized carbons (Fsp3) is 0.600. The van der Waals surface area contributed by atoms with Crippen molar-refractivity contribution in [3.8, 4) is 0 Å². The van der Waals surface area contributed by atoms with Crippen molar-refractivity contribution in [2.24, 2.45) is 10.4 Å². The summed E-state index contributed by atoms with van der Waals surface area (Å²) in [7, 11) is 3.44. The summed E-state index contributed by atoms with van der Waals surface area (Å²) in [5, 5.41) is 9.44. The first kappa shape index (κ1) is 21.0. The summed E-state index contributed by atoms with van der Waals surface area (Å²) < 4.78 is 0. The van der Waals surface area contributed by atoms with Gasteiger partial charge in [0.2, 0.25) is 0 Å². The van der Waals surface area contributed by atoms with E-state index in [1.54, 1.807) is 14.1 Å². The highest BCUT2D eigenvalue weighted by atomic mass is 16.1. The van der Waals surface area contributed by atoms with Crippen LogP contribution in [0.5, 0.6) is 0 Å². The summed E-state index contributed by atoms with van der Waals surface area (Å²) in [6, 6.07) is 8.09. The van der Waals surface area contributed by atoms with Crippen LogP contribution in [0.3, 0.4) is 0 Å². The molecule has 0 fully saturated rings. The molecule has 0 saturated carbocycles. The normalized spacial score (nSPS) is 13.3. The van der Waals surface area contributed by atoms with Crippen LogP contribution in [0.15, 0.2) is 29.3 Å². The molecule has 0 saturated heterocycles. The zero-order valence-electron chi connectivity index (χ0n) is 16.6. The number of nitrogens with one attached hydrogen (secondary N) is 3. The van der Waals surface area contributed by atoms with Crippen LogP contribution in [0.25, 0.3) is 0 Å². The maximum Gasteiger partial charge on any atom is 0.251 e. The van der Waals surface area contributed by atoms with Gasteiger partial charge in [-0.05, 0) is 49.3 Å². The molecule has 1 amide bonds. The van der Waals surface area contributed by atoms with Crippen molar-refractivity contribution in [1.82, 2.24) is 16.0 Å². The summed E-state index contributed by atoms with van der Waals surface area (Å²) in [6.45, 7) is 9.74. The number of rotatable bonds is 7. The van der Waals surface area contributed by atoms with E-state index in [4.69, 9.17) is 0 Å². The van der Waals surface area contributed by atoms with Crippen molar-refractivity contribution in [3.63, 3.8) is 0 Å². The topological polar surface area (TPSA) is 65.5 Å². The summed E-state index contributed by atoms with van der Waals surface area (Å²) in [5.41, 5.74) is 2.17. The van der Waals surface area contributed by atoms with Crippen molar-refractivity contribution < 1.29 is 4.79 Å². The molecule has 0 heterocycles. The average molecular weight is 347 g/mol. The monoisotopic (exact) mass is 346 g/mol. The molecule has 1 aromatic carbocycles. The summed E-state index contributed by atoms with van der Waals surface area (Å²) in [4.78, 5) is 16.0. The van der Waals surface area contributed by atoms with Crippen LogP contribution in [-0.4, -0.2) is 38.5 Å². The highest BCUT2D eigenvalue weighted by molar-refractivity contribution is 5.94. The SMILES string of the molecule is CN=C(NCCc1cccc(C(=O)NC)c1)NC(C)CCC(C)(C)C. The average Bonchev–Trinajstić information content (AvgIpc) is 2.58. The van der Waals surface area contributed by atoms with Gasteiger partial charge in [0.1, 0.15) is 0 Å². The predicted octanol–water partition coefficient (Wildman–Crippen LogP) is 2.97. The molecular formula is C20H34N4O. The Labute approximate surface area is 152 Å². The maximum atomic E-state index is 11.7. The fourth-order valence-corrected chi connectivity index (χ4v) is 2.49. The summed E-state index contributed by atoms with van der Waals surface area (Å²) >= 11 is 0. The lowest BCUT2D eigenvalue weighted by Crippen LogP contribution is -2.43. The van der Waals surface area contributed by atoms with Gasteiger partial charge >= 0.3 is 0 Å². The molecular weight excluding hydrogens is 312 g/mol. The number of amides is 1. The predicted molar refractivity (Wildman–Crippen MR) is 106 cm³/mol. The van der Waals surface area contributed by atoms with Crippen LogP contribution in [0.4, 0.5) is 0 Å². The Hall–Kier alpha value is -2.04. The lowest BCUT2D eigenvalue weighted by atomic mass is 9.89. The van der Waals surface area contributed by atoms with Crippen LogP contribution < -0.4 is 16.0 Å². The Kier molecular flexibility index (Phi) is 8.46. The number of hydrogen-bond donors (Lipinski definition) is 3. The summed E-state index contributed by atoms with van der Waals surface area (Å²) in [6.07, 6.45) is 3.12. The van der Waals surface area contributed by atoms with Gasteiger partial charge < -0.3 is 16.0 Å². The minimum absolute atomic E-state index is 0.0556. The van der Waals surface area contributed by atoms with Crippen molar-refractivity contribution in [2.45, 2.75) is 53.0 Å². The van der Waals surface area contributed by atoms with Crippen LogP contribution in [0.1, 0.15) is 56.5 Å². The van der Waals surface area contributed by atoms with Crippen molar-refractivity contribution in [1.29, 1.82) is 0 Å². The first-order valence-corrected chi connectivity index (χ1v) is 9.03. The number of guanidine groups is 1. The molecule has 0 spiro atoms. The largest absolute Gasteiger partial charge is 0.356 e. The fourth-order valence-electron chi connectivity index (χ4n) is 2.49. The second kappa shape index (κ2) is 10.1. The molecule has 1 unspecified atom stereocenters. The Morgan fingerprint density at radius 1 is 1.28 bits per heavy atom.